The third kappa shape index (κ3) is 4.49. The van der Waals surface area contributed by atoms with E-state index < -0.39 is 90.7 Å². The van der Waals surface area contributed by atoms with Crippen LogP contribution in [0.25, 0.3) is 0 Å². The first-order valence-electron chi connectivity index (χ1n) is 12.8. The molecule has 0 bridgehead atoms. The Morgan fingerprint density at radius 1 is 1.05 bits per heavy atom. The second kappa shape index (κ2) is 10.0. The number of halogens is 8. The van der Waals surface area contributed by atoms with Crippen LogP contribution >= 0.6 is 9.24 Å². The lowest BCUT2D eigenvalue weighted by atomic mass is 9.82. The van der Waals surface area contributed by atoms with Gasteiger partial charge in [0.15, 0.2) is 9.84 Å². The Balaban J connectivity index is 1.72. The van der Waals surface area contributed by atoms with Gasteiger partial charge < -0.3 is 15.1 Å². The van der Waals surface area contributed by atoms with Crippen molar-refractivity contribution < 1.29 is 53.1 Å². The highest BCUT2D eigenvalue weighted by atomic mass is 32.2. The average Bonchev–Trinajstić information content (AvgIpc) is 3.47. The van der Waals surface area contributed by atoms with Gasteiger partial charge in [0.25, 0.3) is 0 Å². The minimum atomic E-state index is -6.40. The number of alkyl halides is 7. The van der Waals surface area contributed by atoms with E-state index in [4.69, 9.17) is 0 Å². The maximum atomic E-state index is 15.0. The Kier molecular flexibility index (Phi) is 7.32. The van der Waals surface area contributed by atoms with Crippen LogP contribution in [-0.4, -0.2) is 75.4 Å². The summed E-state index contributed by atoms with van der Waals surface area (Å²) < 4.78 is 137. The minimum absolute atomic E-state index is 0.0818. The molecule has 7 nitrogen and oxygen atoms in total. The molecule has 5 unspecified atom stereocenters. The molecular formula is C26H24F8N3O4PS. The Bertz CT molecular complexity index is 1590. The average molecular weight is 658 g/mol. The van der Waals surface area contributed by atoms with Crippen molar-refractivity contribution >= 4 is 36.6 Å². The molecule has 0 aromatic heterocycles. The van der Waals surface area contributed by atoms with Crippen LogP contribution in [0.15, 0.2) is 47.4 Å². The highest BCUT2D eigenvalue weighted by Gasteiger charge is 2.74. The smallest absolute Gasteiger partial charge is 0.372 e. The van der Waals surface area contributed by atoms with Crippen LogP contribution in [0.5, 0.6) is 0 Å². The van der Waals surface area contributed by atoms with Gasteiger partial charge in [-0.05, 0) is 42.7 Å². The number of fused-ring (bicyclic) bond motifs is 3. The molecule has 17 heteroatoms. The molecule has 2 fully saturated rings. The summed E-state index contributed by atoms with van der Waals surface area (Å²) in [6.07, 6.45) is -13.1. The molecule has 5 rings (SSSR count). The van der Waals surface area contributed by atoms with Crippen molar-refractivity contribution in [2.45, 2.75) is 58.2 Å². The molecular weight excluding hydrogens is 633 g/mol. The highest BCUT2D eigenvalue weighted by Crippen LogP contribution is 2.57. The standard InChI is InChI=1S/C26H24F8N3O4PS/c1-36-12-20-23(43(40,41)15-4-2-3-14(27)10-15,7-8-37(20)22(39)17-11-19(42)21(38)35-17)16-6-5-13(9-18(16)36)24(28,25(29,30)31)26(32,33)34/h2-6,9-10,17,19-20H,7-8,11-12,42H2,1H3,(H,35,38). The lowest BCUT2D eigenvalue weighted by molar-refractivity contribution is -0.348. The van der Waals surface area contributed by atoms with Crippen LogP contribution in [0, 0.1) is 5.82 Å². The Labute approximate surface area is 242 Å². The van der Waals surface area contributed by atoms with Crippen LogP contribution in [0.3, 0.4) is 0 Å². The lowest BCUT2D eigenvalue weighted by Gasteiger charge is -2.46. The summed E-state index contributed by atoms with van der Waals surface area (Å²) in [5.74, 6) is -1.99. The second-order valence-electron chi connectivity index (χ2n) is 10.8. The zero-order valence-electron chi connectivity index (χ0n) is 22.1. The van der Waals surface area contributed by atoms with Crippen molar-refractivity contribution in [3.8, 4) is 0 Å². The Hall–Kier alpha value is -3.00. The van der Waals surface area contributed by atoms with Gasteiger partial charge in [-0.15, -0.1) is 9.24 Å². The summed E-state index contributed by atoms with van der Waals surface area (Å²) in [4.78, 5) is 27.5. The molecule has 5 atom stereocenters. The number of hydrogen-bond donors (Lipinski definition) is 1. The van der Waals surface area contributed by atoms with E-state index in [1.165, 1.54) is 11.9 Å². The molecule has 0 spiro atoms. The second-order valence-corrected chi connectivity index (χ2v) is 13.8. The van der Waals surface area contributed by atoms with Crippen molar-refractivity contribution in [3.05, 3.63) is 59.4 Å². The minimum Gasteiger partial charge on any atom is -0.372 e. The number of benzene rings is 2. The number of carbonyl (C=O) groups is 2. The Morgan fingerprint density at radius 2 is 1.70 bits per heavy atom. The number of sulfone groups is 1. The molecule has 2 saturated heterocycles. The molecule has 234 valence electrons. The number of hydrogen-bond acceptors (Lipinski definition) is 5. The van der Waals surface area contributed by atoms with Crippen LogP contribution in [-0.2, 0) is 29.8 Å². The number of nitrogens with zero attached hydrogens (tertiary/aromatic N) is 2. The van der Waals surface area contributed by atoms with Gasteiger partial charge in [0.05, 0.1) is 16.6 Å². The van der Waals surface area contributed by atoms with E-state index in [0.29, 0.717) is 18.2 Å². The van der Waals surface area contributed by atoms with E-state index in [1.54, 1.807) is 0 Å². The van der Waals surface area contributed by atoms with Gasteiger partial charge in [-0.25, -0.2) is 17.2 Å². The van der Waals surface area contributed by atoms with Crippen molar-refractivity contribution in [1.29, 1.82) is 0 Å². The zero-order chi connectivity index (χ0) is 31.9. The number of amides is 2. The van der Waals surface area contributed by atoms with E-state index in [-0.39, 0.29) is 31.0 Å². The first-order chi connectivity index (χ1) is 19.8. The highest BCUT2D eigenvalue weighted by molar-refractivity contribution is 7.92. The van der Waals surface area contributed by atoms with Crippen LogP contribution in [0.4, 0.5) is 40.8 Å². The lowest BCUT2D eigenvalue weighted by Crippen LogP contribution is -2.59. The summed E-state index contributed by atoms with van der Waals surface area (Å²) in [6, 6.07) is 2.85. The topological polar surface area (TPSA) is 86.8 Å². The van der Waals surface area contributed by atoms with Gasteiger partial charge in [-0.2, -0.15) is 26.3 Å². The van der Waals surface area contributed by atoms with Crippen LogP contribution < -0.4 is 10.2 Å². The van der Waals surface area contributed by atoms with Gasteiger partial charge >= 0.3 is 18.0 Å². The molecule has 3 aliphatic rings. The molecule has 2 aromatic rings. The molecule has 0 aliphatic carbocycles. The first-order valence-corrected chi connectivity index (χ1v) is 15.0. The Morgan fingerprint density at radius 3 is 2.26 bits per heavy atom. The molecule has 1 N–H and O–H groups in total. The number of likely N-dealkylation sites (tertiary alicyclic amines) is 1. The maximum absolute atomic E-state index is 15.0. The number of rotatable bonds is 4. The van der Waals surface area contributed by atoms with Gasteiger partial charge in [-0.1, -0.05) is 18.2 Å². The fourth-order valence-electron chi connectivity index (χ4n) is 6.31. The third-order valence-corrected chi connectivity index (χ3v) is 11.5. The number of anilines is 1. The molecule has 43 heavy (non-hydrogen) atoms. The maximum Gasteiger partial charge on any atom is 0.435 e. The van der Waals surface area contributed by atoms with Crippen LogP contribution in [0.1, 0.15) is 24.0 Å². The van der Waals surface area contributed by atoms with E-state index in [1.807, 2.05) is 0 Å². The van der Waals surface area contributed by atoms with Crippen molar-refractivity contribution in [2.75, 3.05) is 25.0 Å². The largest absolute Gasteiger partial charge is 0.435 e. The first kappa shape index (κ1) is 31.4. The quantitative estimate of drug-likeness (QED) is 0.398. The summed E-state index contributed by atoms with van der Waals surface area (Å²) in [5, 5.41) is 2.53. The predicted octanol–water partition coefficient (Wildman–Crippen LogP) is 3.97. The van der Waals surface area contributed by atoms with E-state index in [2.05, 4.69) is 14.6 Å². The van der Waals surface area contributed by atoms with Gasteiger partial charge in [0.2, 0.25) is 11.8 Å². The zero-order valence-corrected chi connectivity index (χ0v) is 24.1. The van der Waals surface area contributed by atoms with Crippen molar-refractivity contribution in [3.63, 3.8) is 0 Å². The fourth-order valence-corrected chi connectivity index (χ4v) is 9.01. The van der Waals surface area contributed by atoms with Crippen LogP contribution in [0.2, 0.25) is 0 Å². The van der Waals surface area contributed by atoms with Crippen molar-refractivity contribution in [2.24, 2.45) is 0 Å². The molecule has 0 saturated carbocycles. The summed E-state index contributed by atoms with van der Waals surface area (Å²) in [7, 11) is -1.20. The monoisotopic (exact) mass is 657 g/mol. The molecule has 3 heterocycles. The summed E-state index contributed by atoms with van der Waals surface area (Å²) in [6.45, 7) is -0.627. The van der Waals surface area contributed by atoms with Gasteiger partial charge in [0.1, 0.15) is 16.6 Å². The van der Waals surface area contributed by atoms with Gasteiger partial charge in [0, 0.05) is 31.4 Å². The number of carbonyl (C=O) groups excluding carboxylic acids is 2. The van der Waals surface area contributed by atoms with E-state index in [0.717, 1.165) is 23.1 Å². The van der Waals surface area contributed by atoms with Crippen molar-refractivity contribution in [1.82, 2.24) is 10.2 Å². The van der Waals surface area contributed by atoms with Gasteiger partial charge in [-0.3, -0.25) is 9.59 Å². The molecule has 2 amide bonds. The molecule has 3 aliphatic heterocycles. The number of nitrogens with one attached hydrogen (secondary N) is 1. The fraction of sp³-hybridized carbons (Fsp3) is 0.462. The summed E-state index contributed by atoms with van der Waals surface area (Å²) in [5.41, 5.74) is -8.87. The predicted molar refractivity (Wildman–Crippen MR) is 140 cm³/mol. The van der Waals surface area contributed by atoms with E-state index in [9.17, 15) is 48.7 Å². The van der Waals surface area contributed by atoms with E-state index >= 15 is 4.39 Å². The normalized spacial score (nSPS) is 26.3. The summed E-state index contributed by atoms with van der Waals surface area (Å²) >= 11 is 0. The number of likely N-dealkylation sites (N-methyl/N-ethyl adjacent to an activating group) is 1. The molecule has 2 aromatic carbocycles. The SMILES string of the molecule is CN1CC2N(C(=O)C3CC(P)C(=O)N3)CCC2(S(=O)(=O)c2cccc(F)c2)c2ccc(C(F)(C(F)(F)F)C(F)(F)F)cc21. The third-order valence-electron chi connectivity index (χ3n) is 8.44. The molecule has 0 radical (unpaired) electrons.